The van der Waals surface area contributed by atoms with Crippen LogP contribution in [0, 0.1) is 17.8 Å². The van der Waals surface area contributed by atoms with Crippen LogP contribution in [0.25, 0.3) is 10.9 Å². The van der Waals surface area contributed by atoms with Crippen LogP contribution in [0.1, 0.15) is 78.4 Å². The van der Waals surface area contributed by atoms with E-state index < -0.39 is 89.9 Å². The van der Waals surface area contributed by atoms with E-state index in [9.17, 15) is 43.8 Å². The molecular weight excluding hydrogens is 763 g/mol. The van der Waals surface area contributed by atoms with Crippen LogP contribution < -0.4 is 32.1 Å². The van der Waals surface area contributed by atoms with Crippen molar-refractivity contribution in [1.29, 1.82) is 0 Å². The van der Waals surface area contributed by atoms with Crippen LogP contribution in [0.5, 0.6) is 0 Å². The SMILES string of the molecule is CC[C@H](C)[C@H](NC(=O)[C@H](CC(=O)O)NC(=O)[C@H](CC(C)C)NC(=O)CNOCc1ccccc1)C(=O)N[C@H](C(=O)N[C@@H](Cc1c[nH]c2ccccc12)C(=O)O)[C@@H](C)CC. The van der Waals surface area contributed by atoms with E-state index in [1.807, 2.05) is 68.4 Å². The zero-order valence-electron chi connectivity index (χ0n) is 34.5. The quantitative estimate of drug-likeness (QED) is 0.0443. The number of aromatic amines is 1. The van der Waals surface area contributed by atoms with E-state index in [4.69, 9.17) is 4.84 Å². The normalized spacial score (nSPS) is 14.8. The van der Waals surface area contributed by atoms with Crippen molar-refractivity contribution in [3.05, 3.63) is 71.9 Å². The molecule has 7 atom stereocenters. The van der Waals surface area contributed by atoms with Gasteiger partial charge in [0, 0.05) is 23.5 Å². The number of hydroxylamine groups is 1. The number of carboxylic acid groups (broad SMARTS) is 2. The second kappa shape index (κ2) is 23.6. The Kier molecular flexibility index (Phi) is 19.0. The Morgan fingerprint density at radius 2 is 1.24 bits per heavy atom. The van der Waals surface area contributed by atoms with Crippen molar-refractivity contribution in [2.45, 2.75) is 110 Å². The van der Waals surface area contributed by atoms with Crippen molar-refractivity contribution < 1.29 is 48.6 Å². The Bertz CT molecular complexity index is 1880. The number of H-pyrrole nitrogens is 1. The van der Waals surface area contributed by atoms with E-state index in [2.05, 4.69) is 37.0 Å². The van der Waals surface area contributed by atoms with Crippen molar-refractivity contribution >= 4 is 52.4 Å². The minimum absolute atomic E-state index is 0.0315. The predicted octanol–water partition coefficient (Wildman–Crippen LogP) is 2.55. The van der Waals surface area contributed by atoms with Gasteiger partial charge in [0.1, 0.15) is 30.2 Å². The summed E-state index contributed by atoms with van der Waals surface area (Å²) in [6, 6.07) is 9.99. The zero-order valence-corrected chi connectivity index (χ0v) is 34.5. The lowest BCUT2D eigenvalue weighted by Crippen LogP contribution is -2.61. The molecule has 2 aromatic carbocycles. The first-order valence-corrected chi connectivity index (χ1v) is 19.9. The molecule has 1 heterocycles. The predicted molar refractivity (Wildman–Crippen MR) is 219 cm³/mol. The van der Waals surface area contributed by atoms with Gasteiger partial charge in [0.05, 0.1) is 19.6 Å². The number of hydrogen-bond donors (Lipinski definition) is 9. The van der Waals surface area contributed by atoms with Gasteiger partial charge in [-0.15, -0.1) is 0 Å². The number of fused-ring (bicyclic) bond motifs is 1. The van der Waals surface area contributed by atoms with Crippen molar-refractivity contribution in [3.63, 3.8) is 0 Å². The fraction of sp³-hybridized carbons (Fsp3) is 0.500. The minimum atomic E-state index is -1.65. The second-order valence-corrected chi connectivity index (χ2v) is 15.2. The van der Waals surface area contributed by atoms with Gasteiger partial charge in [-0.05, 0) is 41.4 Å². The van der Waals surface area contributed by atoms with Gasteiger partial charge in [0.15, 0.2) is 0 Å². The molecule has 17 nitrogen and oxygen atoms in total. The lowest BCUT2D eigenvalue weighted by atomic mass is 9.94. The van der Waals surface area contributed by atoms with Crippen LogP contribution in [0.4, 0.5) is 0 Å². The molecule has 0 radical (unpaired) electrons. The average Bonchev–Trinajstić information content (AvgIpc) is 3.61. The number of carbonyl (C=O) groups is 7. The third-order valence-electron chi connectivity index (χ3n) is 10.1. The Hall–Kier alpha value is -5.81. The standard InChI is InChI=1S/C42H59N7O10/c1-7-25(5)36(40(55)47-33(42(57)58)19-28-21-43-30-17-13-12-16-29(28)30)49-41(56)37(26(6)8-2)48-39(54)32(20-35(51)52)46-38(53)31(18-24(3)4)45-34(50)22-44-59-23-27-14-10-9-11-15-27/h9-17,21,24-26,31-33,36-37,43-44H,7-8,18-20,22-23H2,1-6H3,(H,45,50)(H,46,53)(H,47,55)(H,48,54)(H,49,56)(H,51,52)(H,57,58)/t25-,26-,31-,32-,33-,36-,37-/m0/s1. The summed E-state index contributed by atoms with van der Waals surface area (Å²) in [7, 11) is 0. The van der Waals surface area contributed by atoms with Crippen LogP contribution in [0.3, 0.4) is 0 Å². The summed E-state index contributed by atoms with van der Waals surface area (Å²) >= 11 is 0. The number of amides is 5. The zero-order chi connectivity index (χ0) is 43.6. The first-order valence-electron chi connectivity index (χ1n) is 19.9. The number of aliphatic carboxylic acids is 2. The summed E-state index contributed by atoms with van der Waals surface area (Å²) in [6.07, 6.45) is 1.78. The van der Waals surface area contributed by atoms with Crippen molar-refractivity contribution in [1.82, 2.24) is 37.0 Å². The highest BCUT2D eigenvalue weighted by molar-refractivity contribution is 5.97. The molecule has 0 saturated heterocycles. The lowest BCUT2D eigenvalue weighted by molar-refractivity contribution is -0.142. The van der Waals surface area contributed by atoms with Crippen LogP contribution in [0.2, 0.25) is 0 Å². The molecule has 0 bridgehead atoms. The average molecular weight is 822 g/mol. The molecule has 0 fully saturated rings. The van der Waals surface area contributed by atoms with E-state index in [1.54, 1.807) is 33.9 Å². The van der Waals surface area contributed by atoms with E-state index in [-0.39, 0.29) is 31.9 Å². The fourth-order valence-corrected chi connectivity index (χ4v) is 6.31. The molecule has 5 amide bonds. The molecule has 0 aliphatic heterocycles. The topological polar surface area (TPSA) is 257 Å². The summed E-state index contributed by atoms with van der Waals surface area (Å²) in [6.45, 7) is 10.5. The summed E-state index contributed by atoms with van der Waals surface area (Å²) in [5.74, 6) is -7.62. The maximum absolute atomic E-state index is 13.9. The van der Waals surface area contributed by atoms with Crippen LogP contribution >= 0.6 is 0 Å². The Balaban J connectivity index is 1.72. The molecule has 0 saturated carbocycles. The monoisotopic (exact) mass is 821 g/mol. The maximum atomic E-state index is 13.9. The van der Waals surface area contributed by atoms with Gasteiger partial charge in [0.2, 0.25) is 29.5 Å². The van der Waals surface area contributed by atoms with Crippen molar-refractivity contribution in [3.8, 4) is 0 Å². The van der Waals surface area contributed by atoms with Crippen molar-refractivity contribution in [2.24, 2.45) is 17.8 Å². The number of carbonyl (C=O) groups excluding carboxylic acids is 5. The molecule has 9 N–H and O–H groups in total. The van der Waals surface area contributed by atoms with Gasteiger partial charge in [-0.3, -0.25) is 33.6 Å². The molecule has 0 unspecified atom stereocenters. The third-order valence-corrected chi connectivity index (χ3v) is 10.1. The van der Waals surface area contributed by atoms with Gasteiger partial charge >= 0.3 is 11.9 Å². The molecule has 3 rings (SSSR count). The van der Waals surface area contributed by atoms with Crippen LogP contribution in [0.15, 0.2) is 60.8 Å². The molecule has 1 aromatic heterocycles. The molecule has 0 aliphatic rings. The largest absolute Gasteiger partial charge is 0.481 e. The number of hydrogen-bond acceptors (Lipinski definition) is 9. The molecular formula is C42H59N7O10. The van der Waals surface area contributed by atoms with Gasteiger partial charge in [-0.2, -0.15) is 5.48 Å². The molecule has 59 heavy (non-hydrogen) atoms. The summed E-state index contributed by atoms with van der Waals surface area (Å²) < 4.78 is 0. The van der Waals surface area contributed by atoms with Gasteiger partial charge < -0.3 is 41.8 Å². The van der Waals surface area contributed by atoms with E-state index in [1.165, 1.54) is 0 Å². The number of nitrogens with one attached hydrogen (secondary N) is 7. The van der Waals surface area contributed by atoms with Crippen LogP contribution in [-0.2, 0) is 51.4 Å². The Morgan fingerprint density at radius 3 is 1.83 bits per heavy atom. The van der Waals surface area contributed by atoms with Crippen molar-refractivity contribution in [2.75, 3.05) is 6.54 Å². The van der Waals surface area contributed by atoms with E-state index in [0.29, 0.717) is 18.4 Å². The molecule has 0 aliphatic carbocycles. The van der Waals surface area contributed by atoms with Gasteiger partial charge in [-0.25, -0.2) is 4.79 Å². The highest BCUT2D eigenvalue weighted by Gasteiger charge is 2.36. The third kappa shape index (κ3) is 15.1. The highest BCUT2D eigenvalue weighted by Crippen LogP contribution is 2.20. The van der Waals surface area contributed by atoms with Crippen LogP contribution in [-0.4, -0.2) is 93.4 Å². The molecule has 0 spiro atoms. The van der Waals surface area contributed by atoms with E-state index in [0.717, 1.165) is 16.5 Å². The number of benzene rings is 2. The maximum Gasteiger partial charge on any atom is 0.326 e. The van der Waals surface area contributed by atoms with Gasteiger partial charge in [-0.1, -0.05) is 103 Å². The minimum Gasteiger partial charge on any atom is -0.481 e. The van der Waals surface area contributed by atoms with Gasteiger partial charge in [0.25, 0.3) is 0 Å². The summed E-state index contributed by atoms with van der Waals surface area (Å²) in [5.41, 5.74) is 4.91. The number of rotatable bonds is 25. The number of aromatic nitrogens is 1. The molecule has 322 valence electrons. The first-order chi connectivity index (χ1) is 28.0. The molecule has 3 aromatic rings. The van der Waals surface area contributed by atoms with E-state index >= 15 is 0 Å². The summed E-state index contributed by atoms with van der Waals surface area (Å²) in [4.78, 5) is 100. The number of para-hydroxylation sites is 1. The first kappa shape index (κ1) is 47.6. The second-order valence-electron chi connectivity index (χ2n) is 15.2. The smallest absolute Gasteiger partial charge is 0.326 e. The number of carboxylic acids is 2. The highest BCUT2D eigenvalue weighted by atomic mass is 16.6. The fourth-order valence-electron chi connectivity index (χ4n) is 6.31. The lowest BCUT2D eigenvalue weighted by Gasteiger charge is -2.30. The molecule has 17 heteroatoms. The Morgan fingerprint density at radius 1 is 0.678 bits per heavy atom. The Labute approximate surface area is 344 Å². The summed E-state index contributed by atoms with van der Waals surface area (Å²) in [5, 5.41) is 33.5.